The molecule has 0 saturated carbocycles. The zero-order chi connectivity index (χ0) is 26.1. The van der Waals surface area contributed by atoms with Crippen molar-refractivity contribution in [3.63, 3.8) is 0 Å². The average Bonchev–Trinajstić information content (AvgIpc) is 3.09. The van der Waals surface area contributed by atoms with Gasteiger partial charge in [0.1, 0.15) is 17.2 Å². The highest BCUT2D eigenvalue weighted by molar-refractivity contribution is 6.02. The van der Waals surface area contributed by atoms with Gasteiger partial charge in [-0.05, 0) is 37.0 Å². The van der Waals surface area contributed by atoms with E-state index in [0.29, 0.717) is 29.7 Å². The van der Waals surface area contributed by atoms with Crippen LogP contribution in [0.2, 0.25) is 0 Å². The van der Waals surface area contributed by atoms with E-state index in [1.807, 2.05) is 13.8 Å². The number of rotatable bonds is 6. The Bertz CT molecular complexity index is 1550. The van der Waals surface area contributed by atoms with Crippen LogP contribution in [0.15, 0.2) is 32.6 Å². The molecule has 3 heterocycles. The van der Waals surface area contributed by atoms with Gasteiger partial charge in [-0.3, -0.25) is 28.1 Å². The highest BCUT2D eigenvalue weighted by Gasteiger charge is 2.23. The molecule has 36 heavy (non-hydrogen) atoms. The molecule has 4 rings (SSSR count). The molecule has 0 atom stereocenters. The number of esters is 1. The number of Topliss-reactive ketones (excluding diaryl/α,β-unsaturated/α-hetero) is 1. The number of aromatic nitrogens is 4. The van der Waals surface area contributed by atoms with Gasteiger partial charge in [-0.1, -0.05) is 20.3 Å². The number of benzene rings is 1. The zero-order valence-corrected chi connectivity index (χ0v) is 20.6. The molecule has 11 heteroatoms. The summed E-state index contributed by atoms with van der Waals surface area (Å²) in [7, 11) is 1.26. The number of nitrogens with two attached hydrogens (primary N) is 1. The van der Waals surface area contributed by atoms with Gasteiger partial charge in [0.2, 0.25) is 5.78 Å². The van der Waals surface area contributed by atoms with Crippen molar-refractivity contribution in [3.05, 3.63) is 66.3 Å². The van der Waals surface area contributed by atoms with E-state index in [4.69, 9.17) is 10.5 Å². The van der Waals surface area contributed by atoms with Crippen LogP contribution >= 0.6 is 0 Å². The number of ketones is 1. The summed E-state index contributed by atoms with van der Waals surface area (Å²) in [5.74, 6) is -1.16. The molecule has 0 unspecified atom stereocenters. The summed E-state index contributed by atoms with van der Waals surface area (Å²) in [5.41, 5.74) is 4.49. The van der Waals surface area contributed by atoms with E-state index in [9.17, 15) is 24.0 Å². The molecular weight excluding hydrogens is 466 g/mol. The van der Waals surface area contributed by atoms with Gasteiger partial charge in [0.05, 0.1) is 16.5 Å². The van der Waals surface area contributed by atoms with Gasteiger partial charge in [0, 0.05) is 26.6 Å². The van der Waals surface area contributed by atoms with Crippen molar-refractivity contribution in [2.24, 2.45) is 13.0 Å². The fourth-order valence-corrected chi connectivity index (χ4v) is 4.42. The summed E-state index contributed by atoms with van der Waals surface area (Å²) in [6, 6.07) is 4.43. The van der Waals surface area contributed by atoms with Gasteiger partial charge in [-0.2, -0.15) is 0 Å². The fraction of sp³-hybridized carbons (Fsp3) is 0.440. The molecule has 3 aromatic rings. The number of anilines is 1. The monoisotopic (exact) mass is 495 g/mol. The summed E-state index contributed by atoms with van der Waals surface area (Å²) < 4.78 is 8.83. The standard InChI is InChI=1S/C25H29N5O6/c1-14(2)12-30-21(26)20(23(33)28(3)25(30)35)18(31)13-36-24(34)15-8-9-16-17(11-15)27-19-7-5-4-6-10-29(19)22(16)32/h8-9,11,14H,4-7,10,12-13,26H2,1-3H3. The lowest BCUT2D eigenvalue weighted by Crippen LogP contribution is -2.43. The van der Waals surface area contributed by atoms with Crippen molar-refractivity contribution < 1.29 is 14.3 Å². The first kappa shape index (κ1) is 25.1. The lowest BCUT2D eigenvalue weighted by Gasteiger charge is -2.16. The Kier molecular flexibility index (Phi) is 6.91. The van der Waals surface area contributed by atoms with Crippen LogP contribution in [0.3, 0.4) is 0 Å². The summed E-state index contributed by atoms with van der Waals surface area (Å²) in [6.45, 7) is 3.83. The minimum atomic E-state index is -0.852. The maximum Gasteiger partial charge on any atom is 0.338 e. The number of ether oxygens (including phenoxy) is 1. The third-order valence-corrected chi connectivity index (χ3v) is 6.30. The largest absolute Gasteiger partial charge is 0.454 e. The molecule has 0 bridgehead atoms. The van der Waals surface area contributed by atoms with Crippen LogP contribution in [0.4, 0.5) is 5.82 Å². The van der Waals surface area contributed by atoms with Crippen molar-refractivity contribution in [2.75, 3.05) is 12.3 Å². The molecule has 1 aromatic carbocycles. The van der Waals surface area contributed by atoms with Gasteiger partial charge < -0.3 is 10.5 Å². The number of fused-ring (bicyclic) bond motifs is 2. The molecule has 11 nitrogen and oxygen atoms in total. The highest BCUT2D eigenvalue weighted by Crippen LogP contribution is 2.17. The molecule has 0 radical (unpaired) electrons. The summed E-state index contributed by atoms with van der Waals surface area (Å²) in [5, 5.41) is 0.400. The Labute approximate surface area is 206 Å². The number of nitrogens with zero attached hydrogens (tertiary/aromatic N) is 4. The number of hydrogen-bond acceptors (Lipinski definition) is 8. The number of carbonyl (C=O) groups is 2. The van der Waals surface area contributed by atoms with E-state index in [1.54, 1.807) is 4.57 Å². The minimum absolute atomic E-state index is 0.0350. The van der Waals surface area contributed by atoms with Crippen molar-refractivity contribution in [3.8, 4) is 0 Å². The van der Waals surface area contributed by atoms with Crippen LogP contribution in [0, 0.1) is 5.92 Å². The van der Waals surface area contributed by atoms with Crippen molar-refractivity contribution in [2.45, 2.75) is 52.6 Å². The number of aryl methyl sites for hydroxylation is 1. The molecule has 1 aliphatic rings. The van der Waals surface area contributed by atoms with Crippen LogP contribution < -0.4 is 22.5 Å². The molecule has 1 aliphatic heterocycles. The van der Waals surface area contributed by atoms with Crippen molar-refractivity contribution in [1.29, 1.82) is 0 Å². The van der Waals surface area contributed by atoms with Gasteiger partial charge in [-0.25, -0.2) is 14.6 Å². The normalized spacial score (nSPS) is 13.4. The maximum absolute atomic E-state index is 12.9. The average molecular weight is 496 g/mol. The highest BCUT2D eigenvalue weighted by atomic mass is 16.5. The molecule has 2 aromatic heterocycles. The quantitative estimate of drug-likeness (QED) is 0.397. The van der Waals surface area contributed by atoms with E-state index < -0.39 is 35.2 Å². The first-order chi connectivity index (χ1) is 17.1. The van der Waals surface area contributed by atoms with E-state index in [0.717, 1.165) is 28.4 Å². The predicted molar refractivity (Wildman–Crippen MR) is 133 cm³/mol. The van der Waals surface area contributed by atoms with E-state index >= 15 is 0 Å². The van der Waals surface area contributed by atoms with Crippen LogP contribution in [-0.2, 0) is 31.3 Å². The van der Waals surface area contributed by atoms with Crippen molar-refractivity contribution in [1.82, 2.24) is 18.7 Å². The van der Waals surface area contributed by atoms with E-state index in [1.165, 1.54) is 25.2 Å². The third kappa shape index (κ3) is 4.60. The predicted octanol–water partition coefficient (Wildman–Crippen LogP) is 1.26. The topological polar surface area (TPSA) is 148 Å². The van der Waals surface area contributed by atoms with Crippen LogP contribution in [0.1, 0.15) is 59.7 Å². The fourth-order valence-electron chi connectivity index (χ4n) is 4.42. The second-order valence-electron chi connectivity index (χ2n) is 9.44. The minimum Gasteiger partial charge on any atom is -0.454 e. The molecule has 0 aliphatic carbocycles. The van der Waals surface area contributed by atoms with Gasteiger partial charge in [0.15, 0.2) is 6.61 Å². The van der Waals surface area contributed by atoms with Crippen LogP contribution in [0.25, 0.3) is 10.9 Å². The molecule has 0 fully saturated rings. The van der Waals surface area contributed by atoms with Gasteiger partial charge in [-0.15, -0.1) is 0 Å². The molecule has 0 amide bonds. The summed E-state index contributed by atoms with van der Waals surface area (Å²) in [6.07, 6.45) is 3.56. The number of nitrogen functional groups attached to an aromatic ring is 1. The molecule has 2 N–H and O–H groups in total. The Morgan fingerprint density at radius 2 is 1.86 bits per heavy atom. The van der Waals surface area contributed by atoms with Crippen molar-refractivity contribution >= 4 is 28.5 Å². The molecule has 0 spiro atoms. The maximum atomic E-state index is 12.9. The third-order valence-electron chi connectivity index (χ3n) is 6.30. The van der Waals surface area contributed by atoms with E-state index in [2.05, 4.69) is 4.98 Å². The number of carbonyl (C=O) groups excluding carboxylic acids is 2. The number of hydrogen-bond donors (Lipinski definition) is 1. The smallest absolute Gasteiger partial charge is 0.338 e. The lowest BCUT2D eigenvalue weighted by molar-refractivity contribution is 0.0474. The lowest BCUT2D eigenvalue weighted by atomic mass is 10.1. The Morgan fingerprint density at radius 3 is 2.58 bits per heavy atom. The van der Waals surface area contributed by atoms with Crippen LogP contribution in [0.5, 0.6) is 0 Å². The zero-order valence-electron chi connectivity index (χ0n) is 20.6. The van der Waals surface area contributed by atoms with Crippen LogP contribution in [-0.4, -0.2) is 37.0 Å². The Hall–Kier alpha value is -4.02. The SMILES string of the molecule is CC(C)Cn1c(N)c(C(=O)COC(=O)c2ccc3c(=O)n4c(nc3c2)CCCCC4)c(=O)n(C)c1=O. The Morgan fingerprint density at radius 1 is 1.11 bits per heavy atom. The Balaban J connectivity index is 1.59. The summed E-state index contributed by atoms with van der Waals surface area (Å²) in [4.78, 5) is 68.0. The van der Waals surface area contributed by atoms with E-state index in [-0.39, 0.29) is 29.4 Å². The second-order valence-corrected chi connectivity index (χ2v) is 9.44. The summed E-state index contributed by atoms with van der Waals surface area (Å²) >= 11 is 0. The first-order valence-electron chi connectivity index (χ1n) is 11.9. The first-order valence-corrected chi connectivity index (χ1v) is 11.9. The molecular formula is C25H29N5O6. The molecule has 190 valence electrons. The second kappa shape index (κ2) is 9.92. The van der Waals surface area contributed by atoms with Gasteiger partial charge in [0.25, 0.3) is 11.1 Å². The van der Waals surface area contributed by atoms with Gasteiger partial charge >= 0.3 is 11.7 Å². The molecule has 0 saturated heterocycles.